The topological polar surface area (TPSA) is 101 Å². The highest BCUT2D eigenvalue weighted by molar-refractivity contribution is 7.92. The van der Waals surface area contributed by atoms with E-state index in [0.717, 1.165) is 0 Å². The molecule has 1 aromatic rings. The molecule has 0 bridgehead atoms. The summed E-state index contributed by atoms with van der Waals surface area (Å²) in [7, 11) is -3.51. The number of sulfone groups is 1. The van der Waals surface area contributed by atoms with Crippen LogP contribution in [0.1, 0.15) is 18.6 Å². The summed E-state index contributed by atoms with van der Waals surface area (Å²) in [5.41, 5.74) is 6.38. The molecular formula is C11H17NO4S. The number of aliphatic hydroxyl groups excluding tert-OH is 2. The molecule has 0 fully saturated rings. The molecule has 0 saturated carbocycles. The minimum absolute atomic E-state index is 0.127. The summed E-state index contributed by atoms with van der Waals surface area (Å²) in [6.07, 6.45) is -1.27. The molecule has 0 heterocycles. The minimum atomic E-state index is -3.51. The van der Waals surface area contributed by atoms with Gasteiger partial charge in [0, 0.05) is 11.4 Å². The molecule has 0 saturated heterocycles. The van der Waals surface area contributed by atoms with E-state index in [-0.39, 0.29) is 5.75 Å². The molecule has 1 rings (SSSR count). The number of rotatable bonds is 5. The van der Waals surface area contributed by atoms with Crippen LogP contribution in [0.5, 0.6) is 0 Å². The maximum Gasteiger partial charge on any atom is 0.158 e. The quantitative estimate of drug-likeness (QED) is 0.651. The van der Waals surface area contributed by atoms with Crippen molar-refractivity contribution in [2.45, 2.75) is 18.3 Å². The van der Waals surface area contributed by atoms with Gasteiger partial charge >= 0.3 is 0 Å². The number of nitrogen functional groups attached to an aromatic ring is 1. The van der Waals surface area contributed by atoms with Gasteiger partial charge in [0.25, 0.3) is 0 Å². The third kappa shape index (κ3) is 3.18. The molecule has 4 N–H and O–H groups in total. The smallest absolute Gasteiger partial charge is 0.158 e. The third-order valence-corrected chi connectivity index (χ3v) is 4.78. The molecule has 0 unspecified atom stereocenters. The summed E-state index contributed by atoms with van der Waals surface area (Å²) in [4.78, 5) is 0. The molecule has 1 aromatic carbocycles. The second-order valence-electron chi connectivity index (χ2n) is 3.79. The highest BCUT2D eigenvalue weighted by Gasteiger charge is 2.31. The summed E-state index contributed by atoms with van der Waals surface area (Å²) in [5, 5.41) is 17.9. The summed E-state index contributed by atoms with van der Waals surface area (Å²) in [5.74, 6) is -0.127. The first-order chi connectivity index (χ1) is 7.92. The Hall–Kier alpha value is -1.11. The Morgan fingerprint density at radius 2 is 2.06 bits per heavy atom. The molecule has 0 aliphatic carbocycles. The maximum absolute atomic E-state index is 11.7. The van der Waals surface area contributed by atoms with Crippen molar-refractivity contribution in [1.82, 2.24) is 0 Å². The highest BCUT2D eigenvalue weighted by Crippen LogP contribution is 2.23. The van der Waals surface area contributed by atoms with Crippen molar-refractivity contribution < 1.29 is 18.6 Å². The van der Waals surface area contributed by atoms with Crippen molar-refractivity contribution >= 4 is 15.5 Å². The van der Waals surface area contributed by atoms with E-state index in [2.05, 4.69) is 0 Å². The van der Waals surface area contributed by atoms with Gasteiger partial charge in [-0.15, -0.1) is 0 Å². The van der Waals surface area contributed by atoms with Gasteiger partial charge in [-0.2, -0.15) is 0 Å². The number of nitrogens with two attached hydrogens (primary N) is 1. The first-order valence-electron chi connectivity index (χ1n) is 5.28. The lowest BCUT2D eigenvalue weighted by Gasteiger charge is -2.21. The maximum atomic E-state index is 11.7. The van der Waals surface area contributed by atoms with Crippen LogP contribution in [0.3, 0.4) is 0 Å². The van der Waals surface area contributed by atoms with E-state index >= 15 is 0 Å². The van der Waals surface area contributed by atoms with Crippen LogP contribution in [0, 0.1) is 0 Å². The number of anilines is 1. The molecule has 0 aliphatic rings. The van der Waals surface area contributed by atoms with E-state index in [4.69, 9.17) is 10.8 Å². The molecule has 0 aromatic heterocycles. The van der Waals surface area contributed by atoms with E-state index in [0.29, 0.717) is 11.3 Å². The van der Waals surface area contributed by atoms with Crippen LogP contribution in [0.15, 0.2) is 24.3 Å². The number of hydrogen-bond acceptors (Lipinski definition) is 5. The first kappa shape index (κ1) is 14.0. The van der Waals surface area contributed by atoms with Crippen molar-refractivity contribution in [3.05, 3.63) is 29.8 Å². The molecule has 17 heavy (non-hydrogen) atoms. The fourth-order valence-corrected chi connectivity index (χ4v) is 2.79. The van der Waals surface area contributed by atoms with Gasteiger partial charge in [-0.25, -0.2) is 8.42 Å². The van der Waals surface area contributed by atoms with Crippen LogP contribution in [0.25, 0.3) is 0 Å². The Bertz CT molecular complexity index is 472. The van der Waals surface area contributed by atoms with Crippen molar-refractivity contribution in [2.24, 2.45) is 0 Å². The predicted molar refractivity (Wildman–Crippen MR) is 66.1 cm³/mol. The minimum Gasteiger partial charge on any atom is -0.399 e. The standard InChI is InChI=1S/C11H17NO4S/c1-2-17(15,16)10(7-13)11(14)8-4-3-5-9(12)6-8/h3-6,10-11,13-14H,2,7,12H2,1H3/t10-,11+/m1/s1. The Morgan fingerprint density at radius 1 is 1.41 bits per heavy atom. The molecule has 5 nitrogen and oxygen atoms in total. The van der Waals surface area contributed by atoms with Crippen molar-refractivity contribution in [3.8, 4) is 0 Å². The van der Waals surface area contributed by atoms with Crippen molar-refractivity contribution in [2.75, 3.05) is 18.1 Å². The van der Waals surface area contributed by atoms with E-state index in [9.17, 15) is 13.5 Å². The fourth-order valence-electron chi connectivity index (χ4n) is 1.58. The Morgan fingerprint density at radius 3 is 2.53 bits per heavy atom. The van der Waals surface area contributed by atoms with Gasteiger partial charge in [-0.05, 0) is 17.7 Å². The van der Waals surface area contributed by atoms with Gasteiger partial charge < -0.3 is 15.9 Å². The van der Waals surface area contributed by atoms with Crippen LogP contribution < -0.4 is 5.73 Å². The fraction of sp³-hybridized carbons (Fsp3) is 0.455. The highest BCUT2D eigenvalue weighted by atomic mass is 32.2. The molecule has 0 spiro atoms. The van der Waals surface area contributed by atoms with Gasteiger partial charge in [-0.1, -0.05) is 19.1 Å². The lowest BCUT2D eigenvalue weighted by Crippen LogP contribution is -2.33. The van der Waals surface area contributed by atoms with Crippen molar-refractivity contribution in [1.29, 1.82) is 0 Å². The predicted octanol–water partition coefficient (Wildman–Crippen LogP) is 0.0978. The van der Waals surface area contributed by atoms with E-state index < -0.39 is 27.8 Å². The van der Waals surface area contributed by atoms with Crippen LogP contribution >= 0.6 is 0 Å². The number of aliphatic hydroxyl groups is 2. The third-order valence-electron chi connectivity index (χ3n) is 2.65. The van der Waals surface area contributed by atoms with Crippen molar-refractivity contribution in [3.63, 3.8) is 0 Å². The van der Waals surface area contributed by atoms with E-state index in [1.165, 1.54) is 13.0 Å². The zero-order valence-corrected chi connectivity index (χ0v) is 10.4. The largest absolute Gasteiger partial charge is 0.399 e. The van der Waals surface area contributed by atoms with Crippen LogP contribution in [-0.4, -0.2) is 36.2 Å². The Kier molecular flexibility index (Phi) is 4.50. The SMILES string of the molecule is CCS(=O)(=O)[C@H](CO)[C@@H](O)c1cccc(N)c1. The molecule has 96 valence electrons. The normalized spacial score (nSPS) is 15.5. The van der Waals surface area contributed by atoms with E-state index in [1.807, 2.05) is 0 Å². The Labute approximate surface area is 101 Å². The zero-order valence-electron chi connectivity index (χ0n) is 9.57. The molecule has 6 heteroatoms. The second kappa shape index (κ2) is 5.48. The van der Waals surface area contributed by atoms with Crippen LogP contribution in [-0.2, 0) is 9.84 Å². The van der Waals surface area contributed by atoms with Gasteiger partial charge in [0.1, 0.15) is 5.25 Å². The lowest BCUT2D eigenvalue weighted by molar-refractivity contribution is 0.138. The molecule has 0 aliphatic heterocycles. The van der Waals surface area contributed by atoms with Crippen LogP contribution in [0.4, 0.5) is 5.69 Å². The summed E-state index contributed by atoms with van der Waals surface area (Å²) >= 11 is 0. The Balaban J connectivity index is 3.06. The number of benzene rings is 1. The molecular weight excluding hydrogens is 242 g/mol. The summed E-state index contributed by atoms with van der Waals surface area (Å²) in [6, 6.07) is 6.34. The average Bonchev–Trinajstić information content (AvgIpc) is 2.29. The van der Waals surface area contributed by atoms with E-state index in [1.54, 1.807) is 18.2 Å². The molecule has 0 amide bonds. The monoisotopic (exact) mass is 259 g/mol. The molecule has 2 atom stereocenters. The lowest BCUT2D eigenvalue weighted by atomic mass is 10.1. The van der Waals surface area contributed by atoms with Gasteiger partial charge in [0.05, 0.1) is 12.7 Å². The van der Waals surface area contributed by atoms with Crippen LogP contribution in [0.2, 0.25) is 0 Å². The number of hydrogen-bond donors (Lipinski definition) is 3. The average molecular weight is 259 g/mol. The first-order valence-corrected chi connectivity index (χ1v) is 6.99. The summed E-state index contributed by atoms with van der Waals surface area (Å²) < 4.78 is 23.4. The zero-order chi connectivity index (χ0) is 13.1. The second-order valence-corrected chi connectivity index (χ2v) is 6.30. The van der Waals surface area contributed by atoms with Gasteiger partial charge in [0.2, 0.25) is 0 Å². The van der Waals surface area contributed by atoms with Gasteiger partial charge in [-0.3, -0.25) is 0 Å². The summed E-state index contributed by atoms with van der Waals surface area (Å²) in [6.45, 7) is 0.857. The molecule has 0 radical (unpaired) electrons. The van der Waals surface area contributed by atoms with Gasteiger partial charge in [0.15, 0.2) is 9.84 Å².